The average Bonchev–Trinajstić information content (AvgIpc) is 2.71. The molecule has 0 spiro atoms. The molecule has 0 aliphatic heterocycles. The van der Waals surface area contributed by atoms with Gasteiger partial charge in [-0.05, 0) is 50.5 Å². The Morgan fingerprint density at radius 2 is 2.21 bits per heavy atom. The van der Waals surface area contributed by atoms with E-state index in [1.54, 1.807) is 17.5 Å². The lowest BCUT2D eigenvalue weighted by atomic mass is 10.1. The summed E-state index contributed by atoms with van der Waals surface area (Å²) in [7, 11) is 0. The van der Waals surface area contributed by atoms with Gasteiger partial charge in [-0.3, -0.25) is 4.98 Å². The molecule has 0 aliphatic rings. The smallest absolute Gasteiger partial charge is 0.122 e. The van der Waals surface area contributed by atoms with Gasteiger partial charge >= 0.3 is 0 Å². The van der Waals surface area contributed by atoms with E-state index in [-0.39, 0.29) is 0 Å². The molecule has 72 valence electrons. The highest BCUT2D eigenvalue weighted by atomic mass is 79.9. The number of thiophene rings is 1. The molecule has 2 heterocycles. The molecule has 2 aromatic heterocycles. The summed E-state index contributed by atoms with van der Waals surface area (Å²) in [6, 6.07) is 5.59. The lowest BCUT2D eigenvalue weighted by Gasteiger charge is -2.07. The van der Waals surface area contributed by atoms with Crippen molar-refractivity contribution in [1.29, 1.82) is 0 Å². The van der Waals surface area contributed by atoms with Crippen molar-refractivity contribution >= 4 is 27.3 Å². The van der Waals surface area contributed by atoms with Crippen molar-refractivity contribution in [2.45, 2.75) is 6.10 Å². The Morgan fingerprint density at radius 1 is 1.36 bits per heavy atom. The lowest BCUT2D eigenvalue weighted by Crippen LogP contribution is -2.00. The summed E-state index contributed by atoms with van der Waals surface area (Å²) in [5.74, 6) is 0. The van der Waals surface area contributed by atoms with Gasteiger partial charge in [0.2, 0.25) is 0 Å². The Balaban J connectivity index is 2.28. The maximum Gasteiger partial charge on any atom is 0.122 e. The minimum atomic E-state index is -0.616. The second kappa shape index (κ2) is 4.21. The van der Waals surface area contributed by atoms with Crippen molar-refractivity contribution in [3.63, 3.8) is 0 Å². The molecule has 2 rings (SSSR count). The molecule has 0 saturated heterocycles. The van der Waals surface area contributed by atoms with Gasteiger partial charge < -0.3 is 5.11 Å². The molecular weight excluding hydrogens is 262 g/mol. The van der Waals surface area contributed by atoms with Gasteiger partial charge in [0.1, 0.15) is 6.10 Å². The number of rotatable bonds is 2. The molecule has 0 aromatic carbocycles. The Bertz CT molecular complexity index is 399. The molecule has 0 bridgehead atoms. The van der Waals surface area contributed by atoms with E-state index in [0.717, 1.165) is 10.0 Å². The normalized spacial score (nSPS) is 12.7. The van der Waals surface area contributed by atoms with Crippen LogP contribution < -0.4 is 0 Å². The third-order valence-corrected chi connectivity index (χ3v) is 3.06. The van der Waals surface area contributed by atoms with E-state index in [2.05, 4.69) is 20.9 Å². The van der Waals surface area contributed by atoms with Crippen LogP contribution in [0.1, 0.15) is 17.4 Å². The number of halogens is 1. The quantitative estimate of drug-likeness (QED) is 0.910. The second-order valence-corrected chi connectivity index (χ2v) is 4.56. The number of hydrogen-bond acceptors (Lipinski definition) is 3. The van der Waals surface area contributed by atoms with Gasteiger partial charge in [0.25, 0.3) is 0 Å². The van der Waals surface area contributed by atoms with Crippen molar-refractivity contribution < 1.29 is 5.11 Å². The number of aromatic nitrogens is 1. The summed E-state index contributed by atoms with van der Waals surface area (Å²) in [4.78, 5) is 4.14. The first kappa shape index (κ1) is 9.83. The van der Waals surface area contributed by atoms with E-state index in [1.165, 1.54) is 0 Å². The average molecular weight is 270 g/mol. The highest BCUT2D eigenvalue weighted by molar-refractivity contribution is 9.10. The van der Waals surface area contributed by atoms with E-state index in [0.29, 0.717) is 5.69 Å². The zero-order chi connectivity index (χ0) is 9.97. The van der Waals surface area contributed by atoms with E-state index >= 15 is 0 Å². The van der Waals surface area contributed by atoms with Crippen LogP contribution in [0.3, 0.4) is 0 Å². The molecule has 1 N–H and O–H groups in total. The SMILES string of the molecule is OC(c1ccsc1)c1ccc(Br)cn1. The van der Waals surface area contributed by atoms with Crippen LogP contribution in [0.15, 0.2) is 39.6 Å². The summed E-state index contributed by atoms with van der Waals surface area (Å²) >= 11 is 4.87. The number of hydrogen-bond donors (Lipinski definition) is 1. The van der Waals surface area contributed by atoms with Crippen molar-refractivity contribution in [2.75, 3.05) is 0 Å². The molecule has 0 amide bonds. The predicted octanol–water partition coefficient (Wildman–Crippen LogP) is 2.99. The standard InChI is InChI=1S/C10H8BrNOS/c11-8-1-2-9(12-5-8)10(13)7-3-4-14-6-7/h1-6,10,13H. The fourth-order valence-electron chi connectivity index (χ4n) is 1.15. The van der Waals surface area contributed by atoms with Crippen LogP contribution in [0, 0.1) is 0 Å². The van der Waals surface area contributed by atoms with Crippen LogP contribution in [0.2, 0.25) is 0 Å². The van der Waals surface area contributed by atoms with Gasteiger partial charge in [-0.2, -0.15) is 11.3 Å². The molecule has 0 radical (unpaired) electrons. The Kier molecular flexibility index (Phi) is 2.96. The van der Waals surface area contributed by atoms with Gasteiger partial charge in [0.05, 0.1) is 5.69 Å². The van der Waals surface area contributed by atoms with Gasteiger partial charge in [-0.25, -0.2) is 0 Å². The van der Waals surface area contributed by atoms with Crippen LogP contribution in [0.4, 0.5) is 0 Å². The highest BCUT2D eigenvalue weighted by Crippen LogP contribution is 2.22. The highest BCUT2D eigenvalue weighted by Gasteiger charge is 2.11. The molecule has 2 aromatic rings. The number of aliphatic hydroxyl groups is 1. The fourth-order valence-corrected chi connectivity index (χ4v) is 2.06. The first-order chi connectivity index (χ1) is 6.77. The molecular formula is C10H8BrNOS. The summed E-state index contributed by atoms with van der Waals surface area (Å²) in [5, 5.41) is 13.8. The van der Waals surface area contributed by atoms with Crippen LogP contribution in [0.25, 0.3) is 0 Å². The van der Waals surface area contributed by atoms with E-state index in [4.69, 9.17) is 0 Å². The van der Waals surface area contributed by atoms with Gasteiger partial charge in [-0.1, -0.05) is 0 Å². The topological polar surface area (TPSA) is 33.1 Å². The Hall–Kier alpha value is -0.710. The van der Waals surface area contributed by atoms with Crippen LogP contribution in [-0.4, -0.2) is 10.1 Å². The van der Waals surface area contributed by atoms with Gasteiger partial charge in [-0.15, -0.1) is 0 Å². The molecule has 14 heavy (non-hydrogen) atoms. The Labute approximate surface area is 94.4 Å². The monoisotopic (exact) mass is 269 g/mol. The van der Waals surface area contributed by atoms with Crippen LogP contribution in [0.5, 0.6) is 0 Å². The summed E-state index contributed by atoms with van der Waals surface area (Å²) < 4.78 is 0.916. The molecule has 4 heteroatoms. The first-order valence-corrected chi connectivity index (χ1v) is 5.82. The minimum absolute atomic E-state index is 0.616. The minimum Gasteiger partial charge on any atom is -0.382 e. The second-order valence-electron chi connectivity index (χ2n) is 2.86. The molecule has 0 saturated carbocycles. The largest absolute Gasteiger partial charge is 0.382 e. The Morgan fingerprint density at radius 3 is 2.79 bits per heavy atom. The molecule has 1 unspecified atom stereocenters. The molecule has 2 nitrogen and oxygen atoms in total. The molecule has 1 atom stereocenters. The summed E-state index contributed by atoms with van der Waals surface area (Å²) in [6.45, 7) is 0. The maximum atomic E-state index is 9.90. The zero-order valence-corrected chi connectivity index (χ0v) is 9.62. The van der Waals surface area contributed by atoms with Crippen molar-refractivity contribution in [1.82, 2.24) is 4.98 Å². The summed E-state index contributed by atoms with van der Waals surface area (Å²) in [6.07, 6.45) is 1.07. The van der Waals surface area contributed by atoms with Gasteiger partial charge in [0.15, 0.2) is 0 Å². The van der Waals surface area contributed by atoms with Crippen molar-refractivity contribution in [3.05, 3.63) is 50.9 Å². The maximum absolute atomic E-state index is 9.90. The number of aliphatic hydroxyl groups excluding tert-OH is 1. The van der Waals surface area contributed by atoms with Gasteiger partial charge in [0, 0.05) is 10.7 Å². The van der Waals surface area contributed by atoms with Crippen LogP contribution in [-0.2, 0) is 0 Å². The first-order valence-electron chi connectivity index (χ1n) is 4.09. The summed E-state index contributed by atoms with van der Waals surface area (Å²) in [5.41, 5.74) is 1.57. The number of pyridine rings is 1. The fraction of sp³-hybridized carbons (Fsp3) is 0.100. The van der Waals surface area contributed by atoms with E-state index < -0.39 is 6.10 Å². The van der Waals surface area contributed by atoms with E-state index in [1.807, 2.05) is 29.0 Å². The van der Waals surface area contributed by atoms with E-state index in [9.17, 15) is 5.11 Å². The van der Waals surface area contributed by atoms with Crippen molar-refractivity contribution in [3.8, 4) is 0 Å². The van der Waals surface area contributed by atoms with Crippen LogP contribution >= 0.6 is 27.3 Å². The third kappa shape index (κ3) is 2.03. The zero-order valence-electron chi connectivity index (χ0n) is 7.22. The number of nitrogens with zero attached hydrogens (tertiary/aromatic N) is 1. The predicted molar refractivity (Wildman–Crippen MR) is 60.3 cm³/mol. The molecule has 0 aliphatic carbocycles. The van der Waals surface area contributed by atoms with Crippen molar-refractivity contribution in [2.24, 2.45) is 0 Å². The third-order valence-electron chi connectivity index (χ3n) is 1.89. The lowest BCUT2D eigenvalue weighted by molar-refractivity contribution is 0.216. The molecule has 0 fully saturated rings.